The van der Waals surface area contributed by atoms with Gasteiger partial charge < -0.3 is 4.43 Å². The van der Waals surface area contributed by atoms with Crippen LogP contribution in [0.25, 0.3) is 0 Å². The van der Waals surface area contributed by atoms with Crippen LogP contribution < -0.4 is 0 Å². The van der Waals surface area contributed by atoms with Gasteiger partial charge >= 0.3 is 0 Å². The van der Waals surface area contributed by atoms with E-state index in [1.54, 1.807) is 0 Å². The molecule has 0 aromatic carbocycles. The Kier molecular flexibility index (Phi) is 10.1. The van der Waals surface area contributed by atoms with Crippen LogP contribution in [0.2, 0.25) is 6.04 Å². The van der Waals surface area contributed by atoms with Crippen molar-refractivity contribution in [1.29, 1.82) is 0 Å². The average molecular weight is 353 g/mol. The molecule has 2 saturated carbocycles. The maximum atomic E-state index is 11.8. The van der Waals surface area contributed by atoms with Gasteiger partial charge in [-0.25, -0.2) is 0 Å². The van der Waals surface area contributed by atoms with Gasteiger partial charge in [0.2, 0.25) is 9.76 Å². The maximum Gasteiger partial charge on any atom is 0.292 e. The van der Waals surface area contributed by atoms with Crippen LogP contribution in [-0.2, 0) is 9.22 Å². The zero-order valence-electron chi connectivity index (χ0n) is 16.1. The molecule has 140 valence electrons. The van der Waals surface area contributed by atoms with Crippen molar-refractivity contribution in [2.75, 3.05) is 0 Å². The van der Waals surface area contributed by atoms with Gasteiger partial charge in [0.1, 0.15) is 0 Å². The van der Waals surface area contributed by atoms with Crippen molar-refractivity contribution in [3.8, 4) is 0 Å². The smallest absolute Gasteiger partial charge is 0.292 e. The van der Waals surface area contributed by atoms with Crippen LogP contribution in [0.3, 0.4) is 0 Å². The highest BCUT2D eigenvalue weighted by atomic mass is 28.2. The molecule has 2 aliphatic rings. The molecule has 3 heteroatoms. The van der Waals surface area contributed by atoms with Gasteiger partial charge in [-0.1, -0.05) is 84.0 Å². The van der Waals surface area contributed by atoms with Crippen molar-refractivity contribution in [1.82, 2.24) is 0 Å². The number of rotatable bonds is 10. The van der Waals surface area contributed by atoms with Crippen molar-refractivity contribution in [3.05, 3.63) is 0 Å². The zero-order chi connectivity index (χ0) is 17.0. The van der Waals surface area contributed by atoms with Gasteiger partial charge in [-0.3, -0.25) is 4.79 Å². The molecular formula is C21H40O2Si. The first-order chi connectivity index (χ1) is 11.8. The summed E-state index contributed by atoms with van der Waals surface area (Å²) in [5.41, 5.74) is 0. The Balaban J connectivity index is 1.70. The molecule has 2 fully saturated rings. The standard InChI is InChI=1S/C21H40O2Si/c1-2-3-6-15-21(22)23-24-17-16-20(18-11-7-4-8-12-18)19-13-9-5-10-14-19/h18-20H,2-17,24H2,1H3. The van der Waals surface area contributed by atoms with Crippen LogP contribution in [0, 0.1) is 17.8 Å². The van der Waals surface area contributed by atoms with Crippen molar-refractivity contribution >= 4 is 15.7 Å². The van der Waals surface area contributed by atoms with E-state index < -0.39 is 9.76 Å². The van der Waals surface area contributed by atoms with Crippen molar-refractivity contribution in [2.45, 2.75) is 109 Å². The Morgan fingerprint density at radius 2 is 1.54 bits per heavy atom. The maximum absolute atomic E-state index is 11.8. The van der Waals surface area contributed by atoms with Crippen LogP contribution in [0.5, 0.6) is 0 Å². The van der Waals surface area contributed by atoms with Gasteiger partial charge in [-0.05, 0) is 36.6 Å². The Morgan fingerprint density at radius 3 is 2.08 bits per heavy atom. The van der Waals surface area contributed by atoms with Gasteiger partial charge in [0.15, 0.2) is 0 Å². The van der Waals surface area contributed by atoms with Crippen LogP contribution in [0.15, 0.2) is 0 Å². The van der Waals surface area contributed by atoms with Crippen molar-refractivity contribution in [2.24, 2.45) is 17.8 Å². The highest BCUT2D eigenvalue weighted by Gasteiger charge is 2.30. The topological polar surface area (TPSA) is 26.3 Å². The molecule has 0 aromatic heterocycles. The largest absolute Gasteiger partial charge is 0.525 e. The Bertz CT molecular complexity index is 315. The number of hydrogen-bond donors (Lipinski definition) is 0. The van der Waals surface area contributed by atoms with Gasteiger partial charge in [0, 0.05) is 6.42 Å². The summed E-state index contributed by atoms with van der Waals surface area (Å²) in [6.07, 6.45) is 20.0. The fraction of sp³-hybridized carbons (Fsp3) is 0.952. The third kappa shape index (κ3) is 7.29. The van der Waals surface area contributed by atoms with E-state index in [-0.39, 0.29) is 5.97 Å². The van der Waals surface area contributed by atoms with Crippen LogP contribution >= 0.6 is 0 Å². The summed E-state index contributed by atoms with van der Waals surface area (Å²) >= 11 is 0. The highest BCUT2D eigenvalue weighted by molar-refractivity contribution is 6.30. The van der Waals surface area contributed by atoms with E-state index >= 15 is 0 Å². The summed E-state index contributed by atoms with van der Waals surface area (Å²) in [6, 6.07) is 1.22. The van der Waals surface area contributed by atoms with Crippen molar-refractivity contribution < 1.29 is 9.22 Å². The fourth-order valence-electron chi connectivity index (χ4n) is 5.08. The van der Waals surface area contributed by atoms with E-state index in [0.29, 0.717) is 6.42 Å². The van der Waals surface area contributed by atoms with E-state index in [1.807, 2.05) is 0 Å². The fourth-order valence-corrected chi connectivity index (χ4v) is 6.23. The molecule has 0 unspecified atom stereocenters. The minimum Gasteiger partial charge on any atom is -0.525 e. The lowest BCUT2D eigenvalue weighted by molar-refractivity contribution is -0.134. The Hall–Kier alpha value is -0.313. The molecule has 2 nitrogen and oxygen atoms in total. The second kappa shape index (κ2) is 12.1. The number of hydrogen-bond acceptors (Lipinski definition) is 2. The summed E-state index contributed by atoms with van der Waals surface area (Å²) in [5.74, 6) is 2.99. The Labute approximate surface area is 152 Å². The first-order valence-electron chi connectivity index (χ1n) is 11.0. The first-order valence-corrected chi connectivity index (χ1v) is 12.5. The van der Waals surface area contributed by atoms with E-state index in [4.69, 9.17) is 4.43 Å². The number of carbonyl (C=O) groups is 1. The normalized spacial score (nSPS) is 20.9. The minimum atomic E-state index is -0.634. The van der Waals surface area contributed by atoms with Gasteiger partial charge in [0.25, 0.3) is 5.97 Å². The molecule has 24 heavy (non-hydrogen) atoms. The molecule has 0 N–H and O–H groups in total. The van der Waals surface area contributed by atoms with Gasteiger partial charge in [-0.15, -0.1) is 0 Å². The summed E-state index contributed by atoms with van der Waals surface area (Å²) in [5, 5.41) is 0. The van der Waals surface area contributed by atoms with Crippen LogP contribution in [0.4, 0.5) is 0 Å². The van der Waals surface area contributed by atoms with E-state index in [0.717, 1.165) is 30.6 Å². The second-order valence-corrected chi connectivity index (χ2v) is 9.68. The monoisotopic (exact) mass is 352 g/mol. The molecule has 0 radical (unpaired) electrons. The SMILES string of the molecule is CCCCCC(=O)O[SiH2]CCC(C1CCCCC1)C1CCCCC1. The van der Waals surface area contributed by atoms with Crippen LogP contribution in [-0.4, -0.2) is 15.7 Å². The molecule has 2 aliphatic carbocycles. The van der Waals surface area contributed by atoms with Crippen LogP contribution in [0.1, 0.15) is 103 Å². The van der Waals surface area contributed by atoms with E-state index in [1.165, 1.54) is 83.1 Å². The molecule has 0 heterocycles. The van der Waals surface area contributed by atoms with E-state index in [9.17, 15) is 4.79 Å². The van der Waals surface area contributed by atoms with Gasteiger partial charge in [-0.2, -0.15) is 0 Å². The molecular weight excluding hydrogens is 312 g/mol. The predicted molar refractivity (Wildman–Crippen MR) is 105 cm³/mol. The average Bonchev–Trinajstić information content (AvgIpc) is 2.63. The molecule has 0 amide bonds. The van der Waals surface area contributed by atoms with E-state index in [2.05, 4.69) is 6.92 Å². The predicted octanol–water partition coefficient (Wildman–Crippen LogP) is 5.78. The summed E-state index contributed by atoms with van der Waals surface area (Å²) < 4.78 is 5.61. The summed E-state index contributed by atoms with van der Waals surface area (Å²) in [7, 11) is -0.634. The zero-order valence-corrected chi connectivity index (χ0v) is 17.5. The first kappa shape index (κ1) is 20.0. The molecule has 0 spiro atoms. The molecule has 0 atom stereocenters. The lowest BCUT2D eigenvalue weighted by atomic mass is 9.68. The molecule has 0 saturated heterocycles. The highest BCUT2D eigenvalue weighted by Crippen LogP contribution is 2.42. The molecule has 2 rings (SSSR count). The quantitative estimate of drug-likeness (QED) is 0.368. The molecule has 0 bridgehead atoms. The summed E-state index contributed by atoms with van der Waals surface area (Å²) in [4.78, 5) is 11.8. The third-order valence-corrected chi connectivity index (χ3v) is 7.66. The van der Waals surface area contributed by atoms with Gasteiger partial charge in [0.05, 0.1) is 0 Å². The van der Waals surface area contributed by atoms with Crippen molar-refractivity contribution in [3.63, 3.8) is 0 Å². The number of carbonyl (C=O) groups excluding carboxylic acids is 1. The second-order valence-electron chi connectivity index (χ2n) is 8.28. The molecule has 0 aliphatic heterocycles. The third-order valence-electron chi connectivity index (χ3n) is 6.44. The lowest BCUT2D eigenvalue weighted by Gasteiger charge is -2.38. The minimum absolute atomic E-state index is 0.0852. The lowest BCUT2D eigenvalue weighted by Crippen LogP contribution is -2.27. The Morgan fingerprint density at radius 1 is 0.958 bits per heavy atom. The molecule has 0 aromatic rings. The number of unbranched alkanes of at least 4 members (excludes halogenated alkanes) is 2. The summed E-state index contributed by atoms with van der Waals surface area (Å²) in [6.45, 7) is 2.18.